The summed E-state index contributed by atoms with van der Waals surface area (Å²) in [5, 5.41) is 0. The summed E-state index contributed by atoms with van der Waals surface area (Å²) < 4.78 is 14.1. The molecule has 1 saturated heterocycles. The molecule has 2 rings (SSSR count). The first-order valence-corrected chi connectivity index (χ1v) is 7.58. The summed E-state index contributed by atoms with van der Waals surface area (Å²) in [4.78, 5) is 2.10. The molecule has 18 heavy (non-hydrogen) atoms. The summed E-state index contributed by atoms with van der Waals surface area (Å²) in [7, 11) is 2.00. The summed E-state index contributed by atoms with van der Waals surface area (Å²) in [5.41, 5.74) is 7.61. The van der Waals surface area contributed by atoms with Crippen LogP contribution in [0.2, 0.25) is 0 Å². The zero-order chi connectivity index (χ0) is 13.1. The van der Waals surface area contributed by atoms with Gasteiger partial charge in [-0.25, -0.2) is 4.39 Å². The van der Waals surface area contributed by atoms with E-state index in [-0.39, 0.29) is 11.9 Å². The van der Waals surface area contributed by atoms with E-state index < -0.39 is 0 Å². The Balaban J connectivity index is 2.28. The summed E-state index contributed by atoms with van der Waals surface area (Å²) in [5.74, 6) is 2.13. The second kappa shape index (κ2) is 5.93. The molecule has 2 atom stereocenters. The number of para-hydroxylation sites is 1. The highest BCUT2D eigenvalue weighted by Crippen LogP contribution is 2.30. The fourth-order valence-corrected chi connectivity index (χ4v) is 3.74. The predicted molar refractivity (Wildman–Crippen MR) is 77.9 cm³/mol. The number of benzene rings is 1. The fourth-order valence-electron chi connectivity index (χ4n) is 2.48. The molecule has 2 N–H and O–H groups in total. The molecular weight excluding hydrogens is 247 g/mol. The van der Waals surface area contributed by atoms with Gasteiger partial charge < -0.3 is 10.6 Å². The molecule has 0 amide bonds. The molecule has 2 nitrogen and oxygen atoms in total. The van der Waals surface area contributed by atoms with Crippen molar-refractivity contribution in [2.24, 2.45) is 5.73 Å². The molecule has 1 aromatic carbocycles. The van der Waals surface area contributed by atoms with E-state index in [1.165, 1.54) is 5.75 Å². The standard InChI is InChI=1S/C14H21FN2S/c1-10(16)8-11-4-3-5-13(15)14(11)17(2)12-6-7-18-9-12/h3-5,10,12H,6-9,16H2,1-2H3. The number of rotatable bonds is 4. The highest BCUT2D eigenvalue weighted by Gasteiger charge is 2.24. The van der Waals surface area contributed by atoms with Gasteiger partial charge in [0.25, 0.3) is 0 Å². The molecule has 0 aliphatic carbocycles. The van der Waals surface area contributed by atoms with Crippen LogP contribution in [0.15, 0.2) is 18.2 Å². The molecule has 1 fully saturated rings. The van der Waals surface area contributed by atoms with Gasteiger partial charge in [-0.2, -0.15) is 11.8 Å². The minimum atomic E-state index is -0.132. The Morgan fingerprint density at radius 3 is 2.94 bits per heavy atom. The molecule has 1 aromatic rings. The van der Waals surface area contributed by atoms with Gasteiger partial charge in [-0.15, -0.1) is 0 Å². The molecule has 1 aliphatic heterocycles. The van der Waals surface area contributed by atoms with Crippen molar-refractivity contribution in [3.8, 4) is 0 Å². The molecule has 100 valence electrons. The number of anilines is 1. The van der Waals surface area contributed by atoms with Crippen LogP contribution in [0.25, 0.3) is 0 Å². The number of nitrogens with zero attached hydrogens (tertiary/aromatic N) is 1. The summed E-state index contributed by atoms with van der Waals surface area (Å²) >= 11 is 1.94. The maximum atomic E-state index is 14.1. The smallest absolute Gasteiger partial charge is 0.146 e. The molecule has 0 bridgehead atoms. The topological polar surface area (TPSA) is 29.3 Å². The van der Waals surface area contributed by atoms with E-state index in [0.717, 1.165) is 29.8 Å². The van der Waals surface area contributed by atoms with Crippen molar-refractivity contribution in [1.82, 2.24) is 0 Å². The normalized spacial score (nSPS) is 21.0. The lowest BCUT2D eigenvalue weighted by molar-refractivity contribution is 0.601. The van der Waals surface area contributed by atoms with Gasteiger partial charge in [0.2, 0.25) is 0 Å². The van der Waals surface area contributed by atoms with Gasteiger partial charge in [0.15, 0.2) is 0 Å². The SMILES string of the molecule is CC(N)Cc1cccc(F)c1N(C)C1CCSC1. The van der Waals surface area contributed by atoms with E-state index in [9.17, 15) is 4.39 Å². The van der Waals surface area contributed by atoms with Crippen LogP contribution < -0.4 is 10.6 Å². The molecular formula is C14H21FN2S. The maximum absolute atomic E-state index is 14.1. The molecule has 1 aliphatic rings. The van der Waals surface area contributed by atoms with Crippen LogP contribution >= 0.6 is 11.8 Å². The van der Waals surface area contributed by atoms with Gasteiger partial charge in [0.05, 0.1) is 5.69 Å². The van der Waals surface area contributed by atoms with Crippen molar-refractivity contribution < 1.29 is 4.39 Å². The van der Waals surface area contributed by atoms with Crippen LogP contribution in [0, 0.1) is 5.82 Å². The quantitative estimate of drug-likeness (QED) is 0.910. The van der Waals surface area contributed by atoms with Crippen molar-refractivity contribution in [3.05, 3.63) is 29.6 Å². The Bertz CT molecular complexity index is 403. The monoisotopic (exact) mass is 268 g/mol. The van der Waals surface area contributed by atoms with Gasteiger partial charge >= 0.3 is 0 Å². The zero-order valence-electron chi connectivity index (χ0n) is 11.0. The first-order chi connectivity index (χ1) is 8.59. The highest BCUT2D eigenvalue weighted by atomic mass is 32.2. The zero-order valence-corrected chi connectivity index (χ0v) is 11.8. The molecule has 2 unspecified atom stereocenters. The second-order valence-electron chi connectivity index (χ2n) is 5.06. The summed E-state index contributed by atoms with van der Waals surface area (Å²) in [6, 6.07) is 5.79. The highest BCUT2D eigenvalue weighted by molar-refractivity contribution is 7.99. The number of hydrogen-bond acceptors (Lipinski definition) is 3. The average Bonchev–Trinajstić information content (AvgIpc) is 2.81. The number of thioether (sulfide) groups is 1. The molecule has 0 radical (unpaired) electrons. The van der Waals surface area contributed by atoms with Gasteiger partial charge in [0.1, 0.15) is 5.82 Å². The molecule has 0 spiro atoms. The number of nitrogens with two attached hydrogens (primary N) is 1. The van der Waals surface area contributed by atoms with E-state index in [2.05, 4.69) is 4.90 Å². The van der Waals surface area contributed by atoms with Crippen LogP contribution in [0.5, 0.6) is 0 Å². The fraction of sp³-hybridized carbons (Fsp3) is 0.571. The maximum Gasteiger partial charge on any atom is 0.146 e. The van der Waals surface area contributed by atoms with Crippen molar-refractivity contribution >= 4 is 17.4 Å². The van der Waals surface area contributed by atoms with E-state index in [1.807, 2.05) is 31.8 Å². The first kappa shape index (κ1) is 13.7. The van der Waals surface area contributed by atoms with Crippen LogP contribution in [0.4, 0.5) is 10.1 Å². The Kier molecular flexibility index (Phi) is 4.51. The van der Waals surface area contributed by atoms with Crippen molar-refractivity contribution in [3.63, 3.8) is 0 Å². The minimum Gasteiger partial charge on any atom is -0.368 e. The third-order valence-corrected chi connectivity index (χ3v) is 4.56. The predicted octanol–water partition coefficient (Wildman–Crippen LogP) is 2.66. The minimum absolute atomic E-state index is 0.0527. The van der Waals surface area contributed by atoms with Crippen LogP contribution in [-0.4, -0.2) is 30.6 Å². The Morgan fingerprint density at radius 1 is 1.56 bits per heavy atom. The number of hydrogen-bond donors (Lipinski definition) is 1. The summed E-state index contributed by atoms with van der Waals surface area (Å²) in [6.07, 6.45) is 1.85. The second-order valence-corrected chi connectivity index (χ2v) is 6.21. The van der Waals surface area contributed by atoms with E-state index in [1.54, 1.807) is 12.1 Å². The van der Waals surface area contributed by atoms with Crippen LogP contribution in [0.3, 0.4) is 0 Å². The largest absolute Gasteiger partial charge is 0.368 e. The van der Waals surface area contributed by atoms with E-state index >= 15 is 0 Å². The molecule has 0 saturated carbocycles. The van der Waals surface area contributed by atoms with Gasteiger partial charge in [-0.1, -0.05) is 12.1 Å². The van der Waals surface area contributed by atoms with E-state index in [4.69, 9.17) is 5.73 Å². The summed E-state index contributed by atoms with van der Waals surface area (Å²) in [6.45, 7) is 1.96. The Labute approximate surface area is 113 Å². The lowest BCUT2D eigenvalue weighted by Gasteiger charge is -2.29. The molecule has 0 aromatic heterocycles. The Hall–Kier alpha value is -0.740. The van der Waals surface area contributed by atoms with Crippen molar-refractivity contribution in [2.75, 3.05) is 23.5 Å². The van der Waals surface area contributed by atoms with Gasteiger partial charge in [-0.3, -0.25) is 0 Å². The lowest BCUT2D eigenvalue weighted by Crippen LogP contribution is -2.33. The van der Waals surface area contributed by atoms with Crippen LogP contribution in [-0.2, 0) is 6.42 Å². The Morgan fingerprint density at radius 2 is 2.33 bits per heavy atom. The molecule has 1 heterocycles. The van der Waals surface area contributed by atoms with E-state index in [0.29, 0.717) is 6.04 Å². The van der Waals surface area contributed by atoms with Gasteiger partial charge in [-0.05, 0) is 37.1 Å². The lowest BCUT2D eigenvalue weighted by atomic mass is 10.0. The van der Waals surface area contributed by atoms with Crippen LogP contribution in [0.1, 0.15) is 18.9 Å². The third-order valence-electron chi connectivity index (χ3n) is 3.42. The first-order valence-electron chi connectivity index (χ1n) is 6.43. The number of halogens is 1. The van der Waals surface area contributed by atoms with Gasteiger partial charge in [0, 0.05) is 24.9 Å². The third kappa shape index (κ3) is 2.98. The van der Waals surface area contributed by atoms with Crippen molar-refractivity contribution in [1.29, 1.82) is 0 Å². The average molecular weight is 268 g/mol. The van der Waals surface area contributed by atoms with Crippen molar-refractivity contribution in [2.45, 2.75) is 31.8 Å². The molecule has 4 heteroatoms.